The number of ether oxygens (including phenoxy) is 1. The summed E-state index contributed by atoms with van der Waals surface area (Å²) >= 11 is 13.8. The molecule has 27 heavy (non-hydrogen) atoms. The molecule has 0 aliphatic carbocycles. The van der Waals surface area contributed by atoms with E-state index in [-0.39, 0.29) is 0 Å². The summed E-state index contributed by atoms with van der Waals surface area (Å²) in [5, 5.41) is 4.28. The van der Waals surface area contributed by atoms with Gasteiger partial charge in [0.25, 0.3) is 0 Å². The van der Waals surface area contributed by atoms with Gasteiger partial charge in [0.1, 0.15) is 5.75 Å². The van der Waals surface area contributed by atoms with E-state index in [1.165, 1.54) is 19.3 Å². The van der Waals surface area contributed by atoms with Crippen LogP contribution < -0.4 is 15.0 Å². The number of benzene rings is 2. The summed E-state index contributed by atoms with van der Waals surface area (Å²) in [5.41, 5.74) is 3.25. The van der Waals surface area contributed by atoms with Gasteiger partial charge in [0, 0.05) is 35.4 Å². The number of anilines is 2. The lowest BCUT2D eigenvalue weighted by atomic mass is 10.1. The fraction of sp³-hybridized carbons (Fsp3) is 0.429. The Bertz CT molecular complexity index is 779. The second kappa shape index (κ2) is 10.0. The lowest BCUT2D eigenvalue weighted by molar-refractivity contribution is 0.312. The number of piperidine rings is 1. The Balaban J connectivity index is 1.72. The van der Waals surface area contributed by atoms with Gasteiger partial charge >= 0.3 is 0 Å². The fourth-order valence-electron chi connectivity index (χ4n) is 3.32. The molecule has 3 rings (SSSR count). The van der Waals surface area contributed by atoms with Crippen LogP contribution >= 0.6 is 43.5 Å². The van der Waals surface area contributed by atoms with Crippen LogP contribution in [-0.2, 0) is 6.54 Å². The summed E-state index contributed by atoms with van der Waals surface area (Å²) in [4.78, 5) is 2.39. The molecule has 3 nitrogen and oxygen atoms in total. The van der Waals surface area contributed by atoms with E-state index in [1.807, 2.05) is 12.1 Å². The molecule has 2 aromatic rings. The molecule has 0 aromatic heterocycles. The summed E-state index contributed by atoms with van der Waals surface area (Å²) < 4.78 is 7.92. The Labute approximate surface area is 183 Å². The van der Waals surface area contributed by atoms with Crippen LogP contribution in [0.4, 0.5) is 11.4 Å². The van der Waals surface area contributed by atoms with Crippen molar-refractivity contribution in [1.29, 1.82) is 0 Å². The van der Waals surface area contributed by atoms with E-state index in [0.29, 0.717) is 13.2 Å². The van der Waals surface area contributed by atoms with Crippen LogP contribution in [0.25, 0.3) is 0 Å². The van der Waals surface area contributed by atoms with Crippen molar-refractivity contribution in [2.24, 2.45) is 0 Å². The largest absolute Gasteiger partial charge is 0.492 e. The van der Waals surface area contributed by atoms with Crippen molar-refractivity contribution in [3.63, 3.8) is 0 Å². The molecule has 0 bridgehead atoms. The average Bonchev–Trinajstić information content (AvgIpc) is 2.66. The van der Waals surface area contributed by atoms with E-state index in [1.54, 1.807) is 0 Å². The smallest absolute Gasteiger partial charge is 0.138 e. The summed E-state index contributed by atoms with van der Waals surface area (Å²) in [7, 11) is 0. The summed E-state index contributed by atoms with van der Waals surface area (Å²) in [6, 6.07) is 10.4. The number of rotatable bonds is 7. The van der Waals surface area contributed by atoms with Crippen molar-refractivity contribution >= 4 is 54.8 Å². The summed E-state index contributed by atoms with van der Waals surface area (Å²) in [6.45, 7) is 5.66. The van der Waals surface area contributed by atoms with Crippen molar-refractivity contribution in [3.05, 3.63) is 49.9 Å². The van der Waals surface area contributed by atoms with Crippen LogP contribution in [0.15, 0.2) is 39.3 Å². The maximum atomic E-state index is 6.57. The lowest BCUT2D eigenvalue weighted by Crippen LogP contribution is -2.29. The molecule has 0 saturated carbocycles. The highest BCUT2D eigenvalue weighted by molar-refractivity contribution is 9.11. The van der Waals surface area contributed by atoms with E-state index in [0.717, 1.165) is 56.2 Å². The number of hydrogen-bond acceptors (Lipinski definition) is 3. The molecular weight excluding hydrogens is 492 g/mol. The molecule has 1 fully saturated rings. The molecule has 1 heterocycles. The first-order valence-electron chi connectivity index (χ1n) is 9.47. The van der Waals surface area contributed by atoms with Crippen LogP contribution in [0.2, 0.25) is 5.02 Å². The maximum Gasteiger partial charge on any atom is 0.138 e. The van der Waals surface area contributed by atoms with Crippen molar-refractivity contribution in [2.75, 3.05) is 29.9 Å². The Morgan fingerprint density at radius 2 is 1.89 bits per heavy atom. The molecular formula is C21H25Br2ClN2O. The zero-order chi connectivity index (χ0) is 19.2. The zero-order valence-electron chi connectivity index (χ0n) is 15.5. The first kappa shape index (κ1) is 20.8. The van der Waals surface area contributed by atoms with E-state index < -0.39 is 0 Å². The molecule has 6 heteroatoms. The third-order valence-electron chi connectivity index (χ3n) is 4.66. The molecule has 2 aromatic carbocycles. The van der Waals surface area contributed by atoms with Gasteiger partial charge in [-0.25, -0.2) is 0 Å². The van der Waals surface area contributed by atoms with Gasteiger partial charge in [-0.05, 0) is 71.9 Å². The number of nitrogens with zero attached hydrogens (tertiary/aromatic N) is 1. The molecule has 1 saturated heterocycles. The molecule has 1 aliphatic heterocycles. The summed E-state index contributed by atoms with van der Waals surface area (Å²) in [6.07, 6.45) is 4.78. The standard InChI is InChI=1S/C21H25Br2ClN2O/c1-2-10-27-21-15(11-16(22)12-18(21)23)14-25-17-6-7-20(19(24)13-17)26-8-4-3-5-9-26/h6-7,11-13,25H,2-5,8-10,14H2,1H3. The van der Waals surface area contributed by atoms with Gasteiger partial charge in [0.05, 0.1) is 21.8 Å². The van der Waals surface area contributed by atoms with Crippen LogP contribution in [0.5, 0.6) is 5.75 Å². The van der Waals surface area contributed by atoms with Gasteiger partial charge in [-0.1, -0.05) is 34.5 Å². The normalized spacial score (nSPS) is 14.3. The van der Waals surface area contributed by atoms with Gasteiger partial charge < -0.3 is 15.0 Å². The third-order valence-corrected chi connectivity index (χ3v) is 6.01. The van der Waals surface area contributed by atoms with E-state index in [2.05, 4.69) is 67.2 Å². The van der Waals surface area contributed by atoms with Crippen molar-refractivity contribution < 1.29 is 4.74 Å². The molecule has 0 amide bonds. The molecule has 0 atom stereocenters. The highest BCUT2D eigenvalue weighted by Crippen LogP contribution is 2.35. The van der Waals surface area contributed by atoms with Crippen molar-refractivity contribution in [1.82, 2.24) is 0 Å². The molecule has 146 valence electrons. The van der Waals surface area contributed by atoms with Crippen LogP contribution in [0, 0.1) is 0 Å². The second-order valence-corrected chi connectivity index (χ2v) is 8.97. The zero-order valence-corrected chi connectivity index (χ0v) is 19.5. The number of nitrogens with one attached hydrogen (secondary N) is 1. The lowest BCUT2D eigenvalue weighted by Gasteiger charge is -2.29. The van der Waals surface area contributed by atoms with Crippen LogP contribution in [-0.4, -0.2) is 19.7 Å². The predicted molar refractivity (Wildman–Crippen MR) is 122 cm³/mol. The van der Waals surface area contributed by atoms with Crippen LogP contribution in [0.1, 0.15) is 38.2 Å². The van der Waals surface area contributed by atoms with E-state index >= 15 is 0 Å². The minimum Gasteiger partial charge on any atom is -0.492 e. The highest BCUT2D eigenvalue weighted by atomic mass is 79.9. The first-order valence-corrected chi connectivity index (χ1v) is 11.4. The topological polar surface area (TPSA) is 24.5 Å². The first-order chi connectivity index (χ1) is 13.1. The fourth-order valence-corrected chi connectivity index (χ4v) is 5.04. The Hall–Kier alpha value is -0.910. The maximum absolute atomic E-state index is 6.57. The molecule has 1 aliphatic rings. The van der Waals surface area contributed by atoms with Gasteiger partial charge in [-0.3, -0.25) is 0 Å². The summed E-state index contributed by atoms with van der Waals surface area (Å²) in [5.74, 6) is 0.892. The van der Waals surface area contributed by atoms with Gasteiger partial charge in [-0.15, -0.1) is 0 Å². The Kier molecular flexibility index (Phi) is 7.74. The quantitative estimate of drug-likeness (QED) is 0.419. The molecule has 0 radical (unpaired) electrons. The predicted octanol–water partition coefficient (Wildman–Crippen LogP) is 7.26. The van der Waals surface area contributed by atoms with E-state index in [4.69, 9.17) is 16.3 Å². The van der Waals surface area contributed by atoms with Gasteiger partial charge in [0.2, 0.25) is 0 Å². The molecule has 0 spiro atoms. The Morgan fingerprint density at radius 3 is 2.59 bits per heavy atom. The van der Waals surface area contributed by atoms with Gasteiger partial charge in [0.15, 0.2) is 0 Å². The minimum absolute atomic E-state index is 0.663. The molecule has 0 unspecified atom stereocenters. The van der Waals surface area contributed by atoms with Crippen molar-refractivity contribution in [3.8, 4) is 5.75 Å². The Morgan fingerprint density at radius 1 is 1.11 bits per heavy atom. The minimum atomic E-state index is 0.663. The average molecular weight is 517 g/mol. The monoisotopic (exact) mass is 514 g/mol. The second-order valence-electron chi connectivity index (χ2n) is 6.79. The number of halogens is 3. The van der Waals surface area contributed by atoms with E-state index in [9.17, 15) is 0 Å². The molecule has 1 N–H and O–H groups in total. The van der Waals surface area contributed by atoms with Gasteiger partial charge in [-0.2, -0.15) is 0 Å². The van der Waals surface area contributed by atoms with Crippen LogP contribution in [0.3, 0.4) is 0 Å². The highest BCUT2D eigenvalue weighted by Gasteiger charge is 2.15. The van der Waals surface area contributed by atoms with Crippen molar-refractivity contribution in [2.45, 2.75) is 39.2 Å². The number of hydrogen-bond donors (Lipinski definition) is 1. The SMILES string of the molecule is CCCOc1c(Br)cc(Br)cc1CNc1ccc(N2CCCCC2)c(Cl)c1. The third kappa shape index (κ3) is 5.55.